The van der Waals surface area contributed by atoms with Gasteiger partial charge in [0, 0.05) is 5.92 Å². The van der Waals surface area contributed by atoms with Crippen LogP contribution in [-0.4, -0.2) is 5.78 Å². The van der Waals surface area contributed by atoms with Gasteiger partial charge in [0.05, 0.1) is 0 Å². The molecule has 0 amide bonds. The maximum absolute atomic E-state index is 11.3. The van der Waals surface area contributed by atoms with Crippen molar-refractivity contribution in [3.05, 3.63) is 35.4 Å². The number of hydrogen-bond donors (Lipinski definition) is 0. The first-order chi connectivity index (χ1) is 7.68. The SMILES string of the molecule is CC(=O)C(C)CC1CCCc2ccccc21. The van der Waals surface area contributed by atoms with Crippen molar-refractivity contribution in [1.82, 2.24) is 0 Å². The molecule has 1 nitrogen and oxygen atoms in total. The van der Waals surface area contributed by atoms with Gasteiger partial charge < -0.3 is 0 Å². The molecule has 1 aliphatic carbocycles. The van der Waals surface area contributed by atoms with E-state index in [-0.39, 0.29) is 5.92 Å². The molecule has 0 saturated heterocycles. The topological polar surface area (TPSA) is 17.1 Å². The van der Waals surface area contributed by atoms with E-state index in [1.807, 2.05) is 0 Å². The molecule has 1 aromatic carbocycles. The average molecular weight is 216 g/mol. The van der Waals surface area contributed by atoms with E-state index in [1.54, 1.807) is 6.92 Å². The zero-order chi connectivity index (χ0) is 11.5. The van der Waals surface area contributed by atoms with Crippen LogP contribution >= 0.6 is 0 Å². The Bertz CT molecular complexity index is 381. The highest BCUT2D eigenvalue weighted by molar-refractivity contribution is 5.77. The van der Waals surface area contributed by atoms with Crippen molar-refractivity contribution in [3.8, 4) is 0 Å². The summed E-state index contributed by atoms with van der Waals surface area (Å²) in [6.07, 6.45) is 4.74. The second kappa shape index (κ2) is 4.82. The summed E-state index contributed by atoms with van der Waals surface area (Å²) in [7, 11) is 0. The summed E-state index contributed by atoms with van der Waals surface area (Å²) in [4.78, 5) is 11.3. The molecule has 0 aromatic heterocycles. The van der Waals surface area contributed by atoms with Crippen LogP contribution in [0.15, 0.2) is 24.3 Å². The van der Waals surface area contributed by atoms with Gasteiger partial charge in [-0.1, -0.05) is 31.2 Å². The molecule has 16 heavy (non-hydrogen) atoms. The minimum Gasteiger partial charge on any atom is -0.300 e. The van der Waals surface area contributed by atoms with Crippen LogP contribution in [0.4, 0.5) is 0 Å². The van der Waals surface area contributed by atoms with E-state index in [4.69, 9.17) is 0 Å². The van der Waals surface area contributed by atoms with E-state index >= 15 is 0 Å². The first kappa shape index (κ1) is 11.4. The van der Waals surface area contributed by atoms with Crippen LogP contribution in [0.2, 0.25) is 0 Å². The van der Waals surface area contributed by atoms with Gasteiger partial charge in [-0.2, -0.15) is 0 Å². The molecule has 1 aromatic rings. The molecule has 2 rings (SSSR count). The zero-order valence-electron chi connectivity index (χ0n) is 10.2. The van der Waals surface area contributed by atoms with Gasteiger partial charge in [-0.3, -0.25) is 4.79 Å². The van der Waals surface area contributed by atoms with Gasteiger partial charge in [0.2, 0.25) is 0 Å². The third-order valence-corrected chi connectivity index (χ3v) is 3.83. The number of aryl methyl sites for hydroxylation is 1. The standard InChI is InChI=1S/C15H20O/c1-11(12(2)16)10-14-8-5-7-13-6-3-4-9-15(13)14/h3-4,6,9,11,14H,5,7-8,10H2,1-2H3. The Kier molecular flexibility index (Phi) is 3.42. The first-order valence-electron chi connectivity index (χ1n) is 6.26. The Hall–Kier alpha value is -1.11. The van der Waals surface area contributed by atoms with Gasteiger partial charge in [0.15, 0.2) is 0 Å². The van der Waals surface area contributed by atoms with E-state index < -0.39 is 0 Å². The molecule has 2 atom stereocenters. The molecule has 0 fully saturated rings. The fraction of sp³-hybridized carbons (Fsp3) is 0.533. The van der Waals surface area contributed by atoms with Crippen molar-refractivity contribution in [1.29, 1.82) is 0 Å². The molecule has 2 unspecified atom stereocenters. The first-order valence-corrected chi connectivity index (χ1v) is 6.26. The van der Waals surface area contributed by atoms with Gasteiger partial charge in [-0.05, 0) is 49.7 Å². The van der Waals surface area contributed by atoms with Crippen molar-refractivity contribution in [2.24, 2.45) is 5.92 Å². The summed E-state index contributed by atoms with van der Waals surface area (Å²) in [6, 6.07) is 8.72. The second-order valence-corrected chi connectivity index (χ2v) is 5.04. The van der Waals surface area contributed by atoms with E-state index in [2.05, 4.69) is 31.2 Å². The van der Waals surface area contributed by atoms with Crippen molar-refractivity contribution < 1.29 is 4.79 Å². The number of Topliss-reactive ketones (excluding diaryl/α,β-unsaturated/α-hetero) is 1. The fourth-order valence-corrected chi connectivity index (χ4v) is 2.69. The molecule has 0 saturated carbocycles. The normalized spacial score (nSPS) is 21.2. The second-order valence-electron chi connectivity index (χ2n) is 5.04. The number of ketones is 1. The Morgan fingerprint density at radius 1 is 1.44 bits per heavy atom. The molecule has 0 radical (unpaired) electrons. The van der Waals surface area contributed by atoms with Gasteiger partial charge >= 0.3 is 0 Å². The van der Waals surface area contributed by atoms with E-state index in [9.17, 15) is 4.79 Å². The highest BCUT2D eigenvalue weighted by atomic mass is 16.1. The molecule has 1 heteroatoms. The number of carbonyl (C=O) groups is 1. The third-order valence-electron chi connectivity index (χ3n) is 3.83. The molecule has 1 aliphatic rings. The molecular formula is C15H20O. The van der Waals surface area contributed by atoms with Crippen molar-refractivity contribution in [2.45, 2.75) is 45.4 Å². The van der Waals surface area contributed by atoms with Crippen LogP contribution in [0, 0.1) is 5.92 Å². The summed E-state index contributed by atoms with van der Waals surface area (Å²) in [5.74, 6) is 1.13. The van der Waals surface area contributed by atoms with E-state index in [1.165, 1.54) is 30.4 Å². The van der Waals surface area contributed by atoms with Crippen LogP contribution in [0.5, 0.6) is 0 Å². The predicted molar refractivity (Wildman–Crippen MR) is 66.6 cm³/mol. The van der Waals surface area contributed by atoms with Gasteiger partial charge in [0.1, 0.15) is 5.78 Å². The van der Waals surface area contributed by atoms with Crippen LogP contribution in [0.3, 0.4) is 0 Å². The summed E-state index contributed by atoms with van der Waals surface area (Å²) in [6.45, 7) is 3.76. The van der Waals surface area contributed by atoms with E-state index in [0.717, 1.165) is 6.42 Å². The highest BCUT2D eigenvalue weighted by Gasteiger charge is 2.22. The fourth-order valence-electron chi connectivity index (χ4n) is 2.69. The Balaban J connectivity index is 2.16. The zero-order valence-corrected chi connectivity index (χ0v) is 10.2. The Morgan fingerprint density at radius 2 is 2.19 bits per heavy atom. The lowest BCUT2D eigenvalue weighted by molar-refractivity contribution is -0.120. The minimum absolute atomic E-state index is 0.205. The van der Waals surface area contributed by atoms with Gasteiger partial charge in [0.25, 0.3) is 0 Å². The van der Waals surface area contributed by atoms with Gasteiger partial charge in [-0.15, -0.1) is 0 Å². The van der Waals surface area contributed by atoms with Crippen molar-refractivity contribution in [3.63, 3.8) is 0 Å². The number of rotatable bonds is 3. The van der Waals surface area contributed by atoms with E-state index in [0.29, 0.717) is 11.7 Å². The number of fused-ring (bicyclic) bond motifs is 1. The van der Waals surface area contributed by atoms with Crippen molar-refractivity contribution in [2.75, 3.05) is 0 Å². The quantitative estimate of drug-likeness (QED) is 0.752. The van der Waals surface area contributed by atoms with Crippen LogP contribution in [-0.2, 0) is 11.2 Å². The maximum Gasteiger partial charge on any atom is 0.132 e. The summed E-state index contributed by atoms with van der Waals surface area (Å²) >= 11 is 0. The predicted octanol–water partition coefficient (Wildman–Crippen LogP) is 3.72. The molecule has 0 heterocycles. The molecule has 0 N–H and O–H groups in total. The lowest BCUT2D eigenvalue weighted by Crippen LogP contribution is -2.16. The maximum atomic E-state index is 11.3. The molecule has 0 bridgehead atoms. The molecular weight excluding hydrogens is 196 g/mol. The number of benzene rings is 1. The van der Waals surface area contributed by atoms with Crippen LogP contribution in [0.25, 0.3) is 0 Å². The third kappa shape index (κ3) is 2.34. The molecule has 0 aliphatic heterocycles. The van der Waals surface area contributed by atoms with Crippen molar-refractivity contribution >= 4 is 5.78 Å². The van der Waals surface area contributed by atoms with Crippen LogP contribution < -0.4 is 0 Å². The summed E-state index contributed by atoms with van der Waals surface area (Å²) < 4.78 is 0. The lowest BCUT2D eigenvalue weighted by Gasteiger charge is -2.27. The Labute approximate surface area is 97.9 Å². The van der Waals surface area contributed by atoms with Crippen LogP contribution in [0.1, 0.15) is 50.2 Å². The Morgan fingerprint density at radius 3 is 2.94 bits per heavy atom. The molecule has 0 spiro atoms. The number of carbonyl (C=O) groups excluding carboxylic acids is 1. The summed E-state index contributed by atoms with van der Waals surface area (Å²) in [5, 5.41) is 0. The summed E-state index contributed by atoms with van der Waals surface area (Å²) in [5.41, 5.74) is 2.98. The van der Waals surface area contributed by atoms with Gasteiger partial charge in [-0.25, -0.2) is 0 Å². The monoisotopic (exact) mass is 216 g/mol. The lowest BCUT2D eigenvalue weighted by atomic mass is 9.78. The highest BCUT2D eigenvalue weighted by Crippen LogP contribution is 2.35. The largest absolute Gasteiger partial charge is 0.300 e. The molecule has 86 valence electrons. The smallest absolute Gasteiger partial charge is 0.132 e. The average Bonchev–Trinajstić information content (AvgIpc) is 2.29. The minimum atomic E-state index is 0.205. The number of hydrogen-bond acceptors (Lipinski definition) is 1.